The van der Waals surface area contributed by atoms with Gasteiger partial charge in [0.25, 0.3) is 0 Å². The van der Waals surface area contributed by atoms with Crippen LogP contribution in [0.25, 0.3) is 0 Å². The highest BCUT2D eigenvalue weighted by molar-refractivity contribution is 5.41. The number of methoxy groups -OCH3 is 1. The van der Waals surface area contributed by atoms with E-state index < -0.39 is 0 Å². The van der Waals surface area contributed by atoms with Crippen LogP contribution < -0.4 is 10.1 Å². The Kier molecular flexibility index (Phi) is 5.67. The quantitative estimate of drug-likeness (QED) is 0.744. The average molecular weight is 249 g/mol. The van der Waals surface area contributed by atoms with E-state index in [1.165, 1.54) is 17.5 Å². The lowest BCUT2D eigenvalue weighted by Gasteiger charge is -2.27. The van der Waals surface area contributed by atoms with E-state index in [1.807, 2.05) is 0 Å². The van der Waals surface area contributed by atoms with Crippen molar-refractivity contribution in [3.8, 4) is 5.75 Å². The van der Waals surface area contributed by atoms with Gasteiger partial charge in [0.15, 0.2) is 0 Å². The molecule has 0 aliphatic rings. The summed E-state index contributed by atoms with van der Waals surface area (Å²) in [6.45, 7) is 11.1. The molecule has 0 saturated heterocycles. The fourth-order valence-corrected chi connectivity index (χ4v) is 2.19. The Morgan fingerprint density at radius 2 is 1.94 bits per heavy atom. The minimum Gasteiger partial charge on any atom is -0.496 e. The number of nitrogens with one attached hydrogen (secondary N) is 1. The smallest absolute Gasteiger partial charge is 0.122 e. The summed E-state index contributed by atoms with van der Waals surface area (Å²) in [5.41, 5.74) is 2.74. The average Bonchev–Trinajstić information content (AvgIpc) is 2.35. The molecule has 0 aromatic heterocycles. The van der Waals surface area contributed by atoms with E-state index in [4.69, 9.17) is 4.74 Å². The minimum absolute atomic E-state index is 0.137. The maximum Gasteiger partial charge on any atom is 0.122 e. The maximum atomic E-state index is 5.49. The van der Waals surface area contributed by atoms with Crippen LogP contribution in [0.2, 0.25) is 0 Å². The standard InChI is InChI=1S/C16H27NO/c1-6-10-17-11-9-16(3,4)14-12-13(2)7-8-15(14)18-5/h7-8,12,17H,6,9-11H2,1-5H3. The van der Waals surface area contributed by atoms with Crippen molar-refractivity contribution in [1.82, 2.24) is 5.32 Å². The van der Waals surface area contributed by atoms with Crippen molar-refractivity contribution in [1.29, 1.82) is 0 Å². The van der Waals surface area contributed by atoms with Crippen LogP contribution in [0.1, 0.15) is 44.7 Å². The lowest BCUT2D eigenvalue weighted by molar-refractivity contribution is 0.382. The van der Waals surface area contributed by atoms with Crippen LogP contribution in [0.5, 0.6) is 5.75 Å². The Morgan fingerprint density at radius 1 is 1.22 bits per heavy atom. The highest BCUT2D eigenvalue weighted by Crippen LogP contribution is 2.34. The van der Waals surface area contributed by atoms with Crippen molar-refractivity contribution in [3.05, 3.63) is 29.3 Å². The zero-order valence-electron chi connectivity index (χ0n) is 12.5. The van der Waals surface area contributed by atoms with Gasteiger partial charge in [0.05, 0.1) is 7.11 Å². The Hall–Kier alpha value is -1.02. The number of benzene rings is 1. The topological polar surface area (TPSA) is 21.3 Å². The predicted octanol–water partition coefficient (Wildman–Crippen LogP) is 3.67. The van der Waals surface area contributed by atoms with E-state index in [2.05, 4.69) is 51.2 Å². The Morgan fingerprint density at radius 3 is 2.56 bits per heavy atom. The van der Waals surface area contributed by atoms with Gasteiger partial charge >= 0.3 is 0 Å². The number of hydrogen-bond donors (Lipinski definition) is 1. The molecule has 0 spiro atoms. The molecule has 0 unspecified atom stereocenters. The summed E-state index contributed by atoms with van der Waals surface area (Å²) in [7, 11) is 1.75. The van der Waals surface area contributed by atoms with Gasteiger partial charge in [-0.15, -0.1) is 0 Å². The third kappa shape index (κ3) is 4.02. The number of hydrogen-bond acceptors (Lipinski definition) is 2. The first-order valence-corrected chi connectivity index (χ1v) is 6.87. The largest absolute Gasteiger partial charge is 0.496 e. The molecule has 2 heteroatoms. The predicted molar refractivity (Wildman–Crippen MR) is 78.5 cm³/mol. The zero-order chi connectivity index (χ0) is 13.6. The Labute approximate surface area is 112 Å². The van der Waals surface area contributed by atoms with Gasteiger partial charge in [-0.3, -0.25) is 0 Å². The van der Waals surface area contributed by atoms with E-state index in [-0.39, 0.29) is 5.41 Å². The van der Waals surface area contributed by atoms with Gasteiger partial charge in [-0.2, -0.15) is 0 Å². The summed E-state index contributed by atoms with van der Waals surface area (Å²) in [6, 6.07) is 6.43. The molecule has 2 nitrogen and oxygen atoms in total. The second kappa shape index (κ2) is 6.79. The molecule has 0 radical (unpaired) electrons. The summed E-state index contributed by atoms with van der Waals surface area (Å²) >= 11 is 0. The van der Waals surface area contributed by atoms with E-state index >= 15 is 0 Å². The molecule has 0 aliphatic carbocycles. The first-order chi connectivity index (χ1) is 8.51. The summed E-state index contributed by atoms with van der Waals surface area (Å²) < 4.78 is 5.49. The van der Waals surface area contributed by atoms with E-state index in [0.29, 0.717) is 0 Å². The lowest BCUT2D eigenvalue weighted by atomic mass is 9.80. The second-order valence-corrected chi connectivity index (χ2v) is 5.59. The zero-order valence-corrected chi connectivity index (χ0v) is 12.5. The van der Waals surface area contributed by atoms with Crippen LogP contribution in [0, 0.1) is 6.92 Å². The van der Waals surface area contributed by atoms with Gasteiger partial charge in [-0.1, -0.05) is 38.5 Å². The first-order valence-electron chi connectivity index (χ1n) is 6.87. The SMILES string of the molecule is CCCNCCC(C)(C)c1cc(C)ccc1OC. The number of rotatable bonds is 7. The molecule has 0 fully saturated rings. The normalized spacial score (nSPS) is 11.6. The molecule has 1 rings (SSSR count). The number of ether oxygens (including phenoxy) is 1. The van der Waals surface area contributed by atoms with Crippen LogP contribution in [0.3, 0.4) is 0 Å². The molecular formula is C16H27NO. The van der Waals surface area contributed by atoms with Crippen LogP contribution in [-0.2, 0) is 5.41 Å². The molecule has 102 valence electrons. The molecule has 0 bridgehead atoms. The van der Waals surface area contributed by atoms with Crippen molar-refractivity contribution < 1.29 is 4.74 Å². The van der Waals surface area contributed by atoms with Gasteiger partial charge in [0, 0.05) is 5.56 Å². The number of aryl methyl sites for hydroxylation is 1. The van der Waals surface area contributed by atoms with Gasteiger partial charge in [-0.25, -0.2) is 0 Å². The molecule has 0 amide bonds. The van der Waals surface area contributed by atoms with Crippen molar-refractivity contribution >= 4 is 0 Å². The van der Waals surface area contributed by atoms with E-state index in [1.54, 1.807) is 7.11 Å². The van der Waals surface area contributed by atoms with Crippen molar-refractivity contribution in [3.63, 3.8) is 0 Å². The summed E-state index contributed by atoms with van der Waals surface area (Å²) in [4.78, 5) is 0. The molecule has 0 saturated carbocycles. The summed E-state index contributed by atoms with van der Waals surface area (Å²) in [6.07, 6.45) is 2.31. The fraction of sp³-hybridized carbons (Fsp3) is 0.625. The van der Waals surface area contributed by atoms with Gasteiger partial charge in [0.1, 0.15) is 5.75 Å². The molecule has 1 aromatic carbocycles. The third-order valence-corrected chi connectivity index (χ3v) is 3.44. The molecule has 0 aliphatic heterocycles. The Balaban J connectivity index is 2.79. The molecular weight excluding hydrogens is 222 g/mol. The summed E-state index contributed by atoms with van der Waals surface area (Å²) in [5.74, 6) is 1.00. The monoisotopic (exact) mass is 249 g/mol. The van der Waals surface area contributed by atoms with E-state index in [0.717, 1.165) is 25.3 Å². The van der Waals surface area contributed by atoms with Crippen LogP contribution in [-0.4, -0.2) is 20.2 Å². The van der Waals surface area contributed by atoms with Crippen LogP contribution in [0.4, 0.5) is 0 Å². The molecule has 0 atom stereocenters. The first kappa shape index (κ1) is 15.0. The molecule has 0 heterocycles. The lowest BCUT2D eigenvalue weighted by Crippen LogP contribution is -2.26. The fourth-order valence-electron chi connectivity index (χ4n) is 2.19. The highest BCUT2D eigenvalue weighted by atomic mass is 16.5. The van der Waals surface area contributed by atoms with Crippen molar-refractivity contribution in [2.24, 2.45) is 0 Å². The Bertz CT molecular complexity index is 371. The van der Waals surface area contributed by atoms with E-state index in [9.17, 15) is 0 Å². The highest BCUT2D eigenvalue weighted by Gasteiger charge is 2.23. The summed E-state index contributed by atoms with van der Waals surface area (Å²) in [5, 5.41) is 3.47. The van der Waals surface area contributed by atoms with Gasteiger partial charge < -0.3 is 10.1 Å². The second-order valence-electron chi connectivity index (χ2n) is 5.59. The van der Waals surface area contributed by atoms with Crippen molar-refractivity contribution in [2.45, 2.75) is 46.0 Å². The van der Waals surface area contributed by atoms with Crippen LogP contribution >= 0.6 is 0 Å². The molecule has 1 aromatic rings. The third-order valence-electron chi connectivity index (χ3n) is 3.44. The minimum atomic E-state index is 0.137. The van der Waals surface area contributed by atoms with Crippen molar-refractivity contribution in [2.75, 3.05) is 20.2 Å². The van der Waals surface area contributed by atoms with Gasteiger partial charge in [-0.05, 0) is 44.3 Å². The molecule has 1 N–H and O–H groups in total. The maximum absolute atomic E-state index is 5.49. The van der Waals surface area contributed by atoms with Crippen LogP contribution in [0.15, 0.2) is 18.2 Å². The van der Waals surface area contributed by atoms with Gasteiger partial charge in [0.2, 0.25) is 0 Å². The molecule has 18 heavy (non-hydrogen) atoms.